The van der Waals surface area contributed by atoms with Crippen molar-refractivity contribution in [2.75, 3.05) is 13.7 Å². The molecule has 2 fully saturated rings. The van der Waals surface area contributed by atoms with Gasteiger partial charge in [-0.15, -0.1) is 0 Å². The molecule has 2 saturated heterocycles. The molecule has 2 aliphatic heterocycles. The third kappa shape index (κ3) is 13.0. The number of benzene rings is 2. The van der Waals surface area contributed by atoms with Gasteiger partial charge in [-0.2, -0.15) is 0 Å². The lowest BCUT2D eigenvalue weighted by molar-refractivity contribution is -0.119. The molecule has 0 spiro atoms. The van der Waals surface area contributed by atoms with Crippen LogP contribution in [0.5, 0.6) is 0 Å². The van der Waals surface area contributed by atoms with Gasteiger partial charge in [-0.05, 0) is 88.8 Å². The van der Waals surface area contributed by atoms with Gasteiger partial charge in [0, 0.05) is 31.4 Å². The maximum Gasteiger partial charge on any atom is 0.261 e. The fraction of sp³-hybridized carbons (Fsp3) is 0.720. The van der Waals surface area contributed by atoms with E-state index in [0.717, 1.165) is 51.4 Å². The molecule has 0 aromatic heterocycles. The first-order valence-electron chi connectivity index (χ1n) is 23.0. The summed E-state index contributed by atoms with van der Waals surface area (Å²) in [5.74, 6) is 1.12. The summed E-state index contributed by atoms with van der Waals surface area (Å²) in [6.45, 7) is 29.0. The summed E-state index contributed by atoms with van der Waals surface area (Å²) in [7, 11) is -2.79. The Bertz CT molecular complexity index is 1420. The number of halogens is 1. The zero-order valence-corrected chi connectivity index (χ0v) is 42.4. The second-order valence-corrected chi connectivity index (χ2v) is 31.2. The number of rotatable bonds is 21. The van der Waals surface area contributed by atoms with Crippen molar-refractivity contribution >= 4 is 42.9 Å². The number of methoxy groups -OCH3 is 1. The van der Waals surface area contributed by atoms with E-state index in [0.29, 0.717) is 39.9 Å². The molecule has 0 N–H and O–H groups in total. The Morgan fingerprint density at radius 1 is 0.759 bits per heavy atom. The Balaban J connectivity index is 1.41. The van der Waals surface area contributed by atoms with Crippen molar-refractivity contribution in [3.63, 3.8) is 0 Å². The predicted molar refractivity (Wildman–Crippen MR) is 255 cm³/mol. The topological polar surface area (TPSA) is 46.2 Å². The molecule has 8 heteroatoms. The van der Waals surface area contributed by atoms with E-state index in [1.54, 1.807) is 0 Å². The van der Waals surface area contributed by atoms with Gasteiger partial charge in [0.2, 0.25) is 8.32 Å². The molecule has 0 unspecified atom stereocenters. The van der Waals surface area contributed by atoms with E-state index in [2.05, 4.69) is 172 Å². The van der Waals surface area contributed by atoms with Crippen molar-refractivity contribution in [2.24, 2.45) is 11.8 Å². The lowest BCUT2D eigenvalue weighted by Crippen LogP contribution is -2.66. The second-order valence-electron chi connectivity index (χ2n) is 20.2. The van der Waals surface area contributed by atoms with E-state index in [-0.39, 0.29) is 41.7 Å². The highest BCUT2D eigenvalue weighted by molar-refractivity contribution is 9.09. The average Bonchev–Trinajstić information content (AvgIpc) is 3.15. The molecule has 328 valence electrons. The number of hydrogen-bond donors (Lipinski definition) is 0. The quantitative estimate of drug-likeness (QED) is 0.0710. The van der Waals surface area contributed by atoms with E-state index in [9.17, 15) is 0 Å². The van der Waals surface area contributed by atoms with Crippen molar-refractivity contribution in [3.05, 3.63) is 72.8 Å². The maximum absolute atomic E-state index is 7.42. The van der Waals surface area contributed by atoms with Crippen molar-refractivity contribution in [3.8, 4) is 0 Å². The summed E-state index contributed by atoms with van der Waals surface area (Å²) in [5, 5.41) is 2.59. The van der Waals surface area contributed by atoms with Crippen molar-refractivity contribution in [1.29, 1.82) is 0 Å². The summed E-state index contributed by atoms with van der Waals surface area (Å²) in [6, 6.07) is 21.9. The van der Waals surface area contributed by atoms with Crippen molar-refractivity contribution in [1.82, 2.24) is 0 Å². The molecule has 0 radical (unpaired) electrons. The Morgan fingerprint density at radius 3 is 1.84 bits per heavy atom. The normalized spacial score (nSPS) is 25.0. The van der Waals surface area contributed by atoms with Crippen LogP contribution in [-0.4, -0.2) is 71.8 Å². The zero-order chi connectivity index (χ0) is 42.7. The van der Waals surface area contributed by atoms with Crippen molar-refractivity contribution in [2.45, 2.75) is 204 Å². The van der Waals surface area contributed by atoms with Gasteiger partial charge >= 0.3 is 0 Å². The van der Waals surface area contributed by atoms with E-state index in [1.165, 1.54) is 16.8 Å². The summed E-state index contributed by atoms with van der Waals surface area (Å²) < 4.78 is 34.9. The molecule has 2 aromatic carbocycles. The number of allylic oxidation sites excluding steroid dienone is 1. The Hall–Kier alpha value is -1.11. The summed E-state index contributed by atoms with van der Waals surface area (Å²) in [6.07, 6.45) is 14.4. The molecule has 4 rings (SSSR count). The summed E-state index contributed by atoms with van der Waals surface area (Å²) in [4.78, 5) is 0.412. The van der Waals surface area contributed by atoms with E-state index >= 15 is 0 Å². The minimum atomic E-state index is -2.60. The SMILES string of the molecule is CO[C@@H](C[C@@H]1C[C@@H](Br)C[C@H](CCO[Si](c2ccccc2)(c2ccccc2)C(C)(C)C)O1)C[C@H]1O[C@H](C[C@@H](/C=C/CC(C)C)O[Si](C(C)C)(C(C)C)C(C)C)CC[C@@H]1C. The number of hydrogen-bond acceptors (Lipinski definition) is 5. The van der Waals surface area contributed by atoms with Gasteiger partial charge in [0.05, 0.1) is 36.6 Å². The zero-order valence-electron chi connectivity index (χ0n) is 38.8. The second kappa shape index (κ2) is 22.8. The molecule has 0 aliphatic carbocycles. The molecule has 2 heterocycles. The van der Waals surface area contributed by atoms with Crippen LogP contribution in [0, 0.1) is 11.8 Å². The summed E-state index contributed by atoms with van der Waals surface area (Å²) >= 11 is 4.04. The van der Waals surface area contributed by atoms with Gasteiger partial charge in [0.25, 0.3) is 8.32 Å². The van der Waals surface area contributed by atoms with Gasteiger partial charge in [-0.1, -0.05) is 172 Å². The molecule has 5 nitrogen and oxygen atoms in total. The lowest BCUT2D eigenvalue weighted by atomic mass is 9.87. The van der Waals surface area contributed by atoms with Crippen LogP contribution < -0.4 is 10.4 Å². The van der Waals surface area contributed by atoms with Crippen molar-refractivity contribution < 1.29 is 23.1 Å². The average molecular weight is 900 g/mol. The number of alkyl halides is 1. The third-order valence-electron chi connectivity index (χ3n) is 13.4. The highest BCUT2D eigenvalue weighted by atomic mass is 79.9. The van der Waals surface area contributed by atoms with Crippen LogP contribution in [0.1, 0.15) is 141 Å². The predicted octanol–water partition coefficient (Wildman–Crippen LogP) is 12.8. The van der Waals surface area contributed by atoms with Crippen LogP contribution in [0.2, 0.25) is 21.7 Å². The minimum Gasteiger partial charge on any atom is -0.410 e. The van der Waals surface area contributed by atoms with Gasteiger partial charge in [-0.25, -0.2) is 0 Å². The first-order valence-corrected chi connectivity index (χ1v) is 28.0. The Morgan fingerprint density at radius 2 is 1.33 bits per heavy atom. The molecular formula is C50H83BrO5Si2. The minimum absolute atomic E-state index is 0.0480. The molecule has 0 amide bonds. The van der Waals surface area contributed by atoms with Gasteiger partial charge in [-0.3, -0.25) is 0 Å². The smallest absolute Gasteiger partial charge is 0.261 e. The Kier molecular flexibility index (Phi) is 19.5. The van der Waals surface area contributed by atoms with Gasteiger partial charge < -0.3 is 23.1 Å². The molecule has 0 bridgehead atoms. The van der Waals surface area contributed by atoms with Crippen LogP contribution in [0.15, 0.2) is 72.8 Å². The van der Waals surface area contributed by atoms with E-state index < -0.39 is 16.6 Å². The molecular weight excluding hydrogens is 817 g/mol. The van der Waals surface area contributed by atoms with Crippen LogP contribution in [-0.2, 0) is 23.1 Å². The van der Waals surface area contributed by atoms with Gasteiger partial charge in [0.1, 0.15) is 0 Å². The largest absolute Gasteiger partial charge is 0.410 e. The molecule has 8 atom stereocenters. The van der Waals surface area contributed by atoms with Gasteiger partial charge in [0.15, 0.2) is 0 Å². The number of ether oxygens (including phenoxy) is 3. The van der Waals surface area contributed by atoms with Crippen LogP contribution in [0.3, 0.4) is 0 Å². The molecule has 0 saturated carbocycles. The molecule has 2 aliphatic rings. The highest BCUT2D eigenvalue weighted by Crippen LogP contribution is 2.44. The fourth-order valence-electron chi connectivity index (χ4n) is 10.5. The first-order chi connectivity index (χ1) is 27.4. The first kappa shape index (κ1) is 49.5. The lowest BCUT2D eigenvalue weighted by Gasteiger charge is -2.45. The molecule has 2 aromatic rings. The van der Waals surface area contributed by atoms with E-state index in [4.69, 9.17) is 23.1 Å². The third-order valence-corrected chi connectivity index (χ3v) is 25.3. The van der Waals surface area contributed by atoms with E-state index in [1.807, 2.05) is 7.11 Å². The molecule has 58 heavy (non-hydrogen) atoms. The summed E-state index contributed by atoms with van der Waals surface area (Å²) in [5.41, 5.74) is 1.64. The Labute approximate surface area is 366 Å². The van der Waals surface area contributed by atoms with Crippen LogP contribution in [0.4, 0.5) is 0 Å². The van der Waals surface area contributed by atoms with Crippen LogP contribution >= 0.6 is 15.9 Å². The maximum atomic E-state index is 7.42. The monoisotopic (exact) mass is 898 g/mol. The van der Waals surface area contributed by atoms with Crippen LogP contribution in [0.25, 0.3) is 0 Å². The standard InChI is InChI=1S/C50H83BrO5Si2/c1-36(2)21-20-22-44(56-57(37(3)4,38(5)6)39(7)8)33-42-28-27-40(9)49(55-42)35-45(52-13)34-46-32-41(51)31-43(54-46)29-30-53-58(50(10,11)12,47-23-16-14-17-24-47)48-25-18-15-19-26-48/h14-20,22-26,36-46,49H,21,27-35H2,1-13H3/b22-20+/t40-,41-,42-,43-,44+,45-,46-,49+/m0/s1. The fourth-order valence-corrected chi connectivity index (χ4v) is 21.4. The highest BCUT2D eigenvalue weighted by Gasteiger charge is 2.50.